The Balaban J connectivity index is 0.00000364. The van der Waals surface area contributed by atoms with E-state index in [1.54, 1.807) is 12.1 Å². The molecule has 0 amide bonds. The van der Waals surface area contributed by atoms with Gasteiger partial charge in [-0.2, -0.15) is 0 Å². The minimum absolute atomic E-state index is 0. The molecule has 0 radical (unpaired) electrons. The minimum atomic E-state index is -0.389. The summed E-state index contributed by atoms with van der Waals surface area (Å²) < 4.78 is 13.5. The van der Waals surface area contributed by atoms with Crippen LogP contribution in [0.15, 0.2) is 53.5 Å². The van der Waals surface area contributed by atoms with Gasteiger partial charge in [-0.25, -0.2) is 9.38 Å². The van der Waals surface area contributed by atoms with Crippen molar-refractivity contribution < 1.29 is 9.50 Å². The smallest absolute Gasteiger partial charge is 0.191 e. The summed E-state index contributed by atoms with van der Waals surface area (Å²) in [6.45, 7) is 5.04. The van der Waals surface area contributed by atoms with Crippen molar-refractivity contribution in [2.75, 3.05) is 6.54 Å². The van der Waals surface area contributed by atoms with Crippen molar-refractivity contribution in [3.05, 3.63) is 71.0 Å². The van der Waals surface area contributed by atoms with Crippen molar-refractivity contribution in [2.45, 2.75) is 45.9 Å². The second-order valence-electron chi connectivity index (χ2n) is 6.35. The summed E-state index contributed by atoms with van der Waals surface area (Å²) in [5.41, 5.74) is 2.49. The number of aliphatic hydroxyl groups excluding tert-OH is 1. The predicted molar refractivity (Wildman–Crippen MR) is 120 cm³/mol. The first-order valence-corrected chi connectivity index (χ1v) is 9.09. The molecule has 27 heavy (non-hydrogen) atoms. The zero-order chi connectivity index (χ0) is 18.8. The molecule has 0 spiro atoms. The van der Waals surface area contributed by atoms with E-state index in [-0.39, 0.29) is 42.4 Å². The van der Waals surface area contributed by atoms with Gasteiger partial charge < -0.3 is 15.7 Å². The van der Waals surface area contributed by atoms with Gasteiger partial charge in [0.1, 0.15) is 5.82 Å². The van der Waals surface area contributed by atoms with Crippen molar-refractivity contribution in [2.24, 2.45) is 4.99 Å². The van der Waals surface area contributed by atoms with E-state index in [2.05, 4.69) is 46.8 Å². The normalized spacial score (nSPS) is 12.2. The van der Waals surface area contributed by atoms with Crippen molar-refractivity contribution in [3.63, 3.8) is 0 Å². The highest BCUT2D eigenvalue weighted by atomic mass is 127. The second kappa shape index (κ2) is 12.7. The van der Waals surface area contributed by atoms with Gasteiger partial charge in [-0.05, 0) is 49.9 Å². The van der Waals surface area contributed by atoms with E-state index in [1.807, 2.05) is 13.0 Å². The first kappa shape index (κ1) is 23.4. The van der Waals surface area contributed by atoms with Gasteiger partial charge in [0.15, 0.2) is 5.96 Å². The lowest BCUT2D eigenvalue weighted by Crippen LogP contribution is -2.42. The van der Waals surface area contributed by atoms with E-state index in [0.717, 1.165) is 30.9 Å². The molecule has 2 rings (SSSR count). The van der Waals surface area contributed by atoms with Gasteiger partial charge in [0, 0.05) is 18.2 Å². The summed E-state index contributed by atoms with van der Waals surface area (Å²) >= 11 is 0. The van der Waals surface area contributed by atoms with Crippen LogP contribution in [-0.4, -0.2) is 23.7 Å². The number of hydrogen-bond acceptors (Lipinski definition) is 2. The van der Waals surface area contributed by atoms with E-state index < -0.39 is 0 Å². The Labute approximate surface area is 178 Å². The molecule has 1 atom stereocenters. The first-order chi connectivity index (χ1) is 12.6. The molecule has 2 aromatic rings. The average Bonchev–Trinajstić information content (AvgIpc) is 2.66. The largest absolute Gasteiger partial charge is 0.392 e. The standard InChI is InChI=1S/C21H28FN3O.HI/c1-3-23-21(24-14-18-11-12-20(22)19(13-18)15-26)25-16(2)9-10-17-7-5-4-6-8-17;/h4-8,11-13,16,26H,3,9-10,14-15H2,1-2H3,(H2,23,24,25);1H. The maximum atomic E-state index is 13.5. The summed E-state index contributed by atoms with van der Waals surface area (Å²) in [6, 6.07) is 15.4. The first-order valence-electron chi connectivity index (χ1n) is 9.09. The summed E-state index contributed by atoms with van der Waals surface area (Å²) in [6.07, 6.45) is 2.01. The van der Waals surface area contributed by atoms with Crippen LogP contribution >= 0.6 is 24.0 Å². The van der Waals surface area contributed by atoms with Crippen LogP contribution in [0.3, 0.4) is 0 Å². The van der Waals surface area contributed by atoms with Crippen molar-refractivity contribution in [1.82, 2.24) is 10.6 Å². The Morgan fingerprint density at radius 1 is 1.15 bits per heavy atom. The third kappa shape index (κ3) is 8.26. The third-order valence-electron chi connectivity index (χ3n) is 4.14. The highest BCUT2D eigenvalue weighted by Gasteiger charge is 2.07. The van der Waals surface area contributed by atoms with Crippen LogP contribution in [0.4, 0.5) is 4.39 Å². The number of rotatable bonds is 8. The molecule has 0 bridgehead atoms. The van der Waals surface area contributed by atoms with Gasteiger partial charge in [0.25, 0.3) is 0 Å². The summed E-state index contributed by atoms with van der Waals surface area (Å²) in [7, 11) is 0. The minimum Gasteiger partial charge on any atom is -0.392 e. The molecule has 0 aliphatic carbocycles. The highest BCUT2D eigenvalue weighted by molar-refractivity contribution is 14.0. The fourth-order valence-corrected chi connectivity index (χ4v) is 2.67. The number of hydrogen-bond donors (Lipinski definition) is 3. The summed E-state index contributed by atoms with van der Waals surface area (Å²) in [5, 5.41) is 15.8. The van der Waals surface area contributed by atoms with E-state index in [4.69, 9.17) is 0 Å². The molecule has 4 nitrogen and oxygen atoms in total. The highest BCUT2D eigenvalue weighted by Crippen LogP contribution is 2.11. The molecule has 0 fully saturated rings. The maximum Gasteiger partial charge on any atom is 0.191 e. The molecule has 0 aromatic heterocycles. The number of nitrogens with zero attached hydrogens (tertiary/aromatic N) is 1. The lowest BCUT2D eigenvalue weighted by atomic mass is 10.1. The molecule has 0 saturated carbocycles. The number of aryl methyl sites for hydroxylation is 1. The second-order valence-corrected chi connectivity index (χ2v) is 6.35. The number of nitrogens with one attached hydrogen (secondary N) is 2. The molecule has 0 heterocycles. The fourth-order valence-electron chi connectivity index (χ4n) is 2.67. The average molecular weight is 485 g/mol. The molecule has 1 unspecified atom stereocenters. The topological polar surface area (TPSA) is 56.7 Å². The number of aliphatic hydroxyl groups is 1. The quantitative estimate of drug-likeness (QED) is 0.301. The van der Waals surface area contributed by atoms with E-state index >= 15 is 0 Å². The molecule has 3 N–H and O–H groups in total. The summed E-state index contributed by atoms with van der Waals surface area (Å²) in [4.78, 5) is 4.57. The number of guanidine groups is 1. The molecule has 2 aromatic carbocycles. The van der Waals surface area contributed by atoms with Crippen LogP contribution in [0.2, 0.25) is 0 Å². The Bertz CT molecular complexity index is 710. The Morgan fingerprint density at radius 2 is 1.89 bits per heavy atom. The van der Waals surface area contributed by atoms with Crippen molar-refractivity contribution >= 4 is 29.9 Å². The Morgan fingerprint density at radius 3 is 2.56 bits per heavy atom. The number of benzene rings is 2. The lowest BCUT2D eigenvalue weighted by Gasteiger charge is -2.18. The van der Waals surface area contributed by atoms with Gasteiger partial charge in [-0.3, -0.25) is 0 Å². The lowest BCUT2D eigenvalue weighted by molar-refractivity contribution is 0.275. The van der Waals surface area contributed by atoms with Gasteiger partial charge in [0.05, 0.1) is 13.2 Å². The summed E-state index contributed by atoms with van der Waals surface area (Å²) in [5.74, 6) is 0.350. The molecule has 6 heteroatoms. The number of halogens is 2. The molecule has 148 valence electrons. The zero-order valence-corrected chi connectivity index (χ0v) is 18.2. The predicted octanol–water partition coefficient (Wildman–Crippen LogP) is 4.01. The third-order valence-corrected chi connectivity index (χ3v) is 4.14. The van der Waals surface area contributed by atoms with E-state index in [1.165, 1.54) is 11.6 Å². The zero-order valence-electron chi connectivity index (χ0n) is 15.9. The Hall–Kier alpha value is -1.67. The van der Waals surface area contributed by atoms with Crippen LogP contribution in [0.25, 0.3) is 0 Å². The van der Waals surface area contributed by atoms with Crippen LogP contribution < -0.4 is 10.6 Å². The number of aliphatic imine (C=N–C) groups is 1. The van der Waals surface area contributed by atoms with Crippen LogP contribution in [-0.2, 0) is 19.6 Å². The van der Waals surface area contributed by atoms with Gasteiger partial charge >= 0.3 is 0 Å². The molecule has 0 saturated heterocycles. The molecular formula is C21H29FIN3O. The monoisotopic (exact) mass is 485 g/mol. The maximum absolute atomic E-state index is 13.5. The SMILES string of the molecule is CCNC(=NCc1ccc(F)c(CO)c1)NC(C)CCc1ccccc1.I. The van der Waals surface area contributed by atoms with Crippen LogP contribution in [0.5, 0.6) is 0 Å². The molecular weight excluding hydrogens is 456 g/mol. The van der Waals surface area contributed by atoms with Crippen molar-refractivity contribution in [3.8, 4) is 0 Å². The fraction of sp³-hybridized carbons (Fsp3) is 0.381. The van der Waals surface area contributed by atoms with E-state index in [0.29, 0.717) is 12.1 Å². The van der Waals surface area contributed by atoms with Gasteiger partial charge in [-0.15, -0.1) is 24.0 Å². The van der Waals surface area contributed by atoms with Crippen LogP contribution in [0, 0.1) is 5.82 Å². The molecule has 0 aliphatic rings. The van der Waals surface area contributed by atoms with E-state index in [9.17, 15) is 9.50 Å². The Kier molecular flexibility index (Phi) is 11.0. The molecule has 0 aliphatic heterocycles. The van der Waals surface area contributed by atoms with Crippen molar-refractivity contribution in [1.29, 1.82) is 0 Å². The van der Waals surface area contributed by atoms with Gasteiger partial charge in [0.2, 0.25) is 0 Å². The van der Waals surface area contributed by atoms with Crippen LogP contribution in [0.1, 0.15) is 37.0 Å². The van der Waals surface area contributed by atoms with Gasteiger partial charge in [-0.1, -0.05) is 36.4 Å².